The standard InChI is InChI=1S/C22H18Cl2N2O4S/c1-30-21-9-5-16(24)12-19(21)22(27)25-17-6-2-14-10-11-26(20(14)13-17)31(28,29)18-7-3-15(23)4-8-18/h2-9,12-13H,10-11H2,1H3,(H,25,27). The monoisotopic (exact) mass is 476 g/mol. The summed E-state index contributed by atoms with van der Waals surface area (Å²) in [5, 5.41) is 3.66. The highest BCUT2D eigenvalue weighted by atomic mass is 35.5. The lowest BCUT2D eigenvalue weighted by atomic mass is 10.1. The molecular weight excluding hydrogens is 459 g/mol. The first kappa shape index (κ1) is 21.5. The van der Waals surface area contributed by atoms with E-state index in [0.29, 0.717) is 40.1 Å². The van der Waals surface area contributed by atoms with Crippen LogP contribution in [0.3, 0.4) is 0 Å². The van der Waals surface area contributed by atoms with E-state index in [2.05, 4.69) is 5.32 Å². The molecule has 1 heterocycles. The van der Waals surface area contributed by atoms with E-state index in [-0.39, 0.29) is 10.5 Å². The number of carbonyl (C=O) groups excluding carboxylic acids is 1. The number of amides is 1. The molecule has 0 spiro atoms. The Morgan fingerprint density at radius 1 is 1.00 bits per heavy atom. The molecule has 4 rings (SSSR count). The number of anilines is 2. The van der Waals surface area contributed by atoms with Crippen LogP contribution in [0.2, 0.25) is 10.0 Å². The van der Waals surface area contributed by atoms with Crippen molar-refractivity contribution in [3.05, 3.63) is 81.8 Å². The van der Waals surface area contributed by atoms with Gasteiger partial charge in [-0.2, -0.15) is 0 Å². The van der Waals surface area contributed by atoms with Gasteiger partial charge in [0.15, 0.2) is 0 Å². The largest absolute Gasteiger partial charge is 0.496 e. The Morgan fingerprint density at radius 2 is 1.71 bits per heavy atom. The number of hydrogen-bond donors (Lipinski definition) is 1. The maximum atomic E-state index is 13.1. The number of halogens is 2. The van der Waals surface area contributed by atoms with Crippen molar-refractivity contribution in [2.45, 2.75) is 11.3 Å². The molecule has 3 aromatic rings. The van der Waals surface area contributed by atoms with Crippen molar-refractivity contribution in [3.8, 4) is 5.75 Å². The molecule has 0 saturated carbocycles. The zero-order valence-corrected chi connectivity index (χ0v) is 18.8. The molecule has 1 N–H and O–H groups in total. The highest BCUT2D eigenvalue weighted by Gasteiger charge is 2.31. The van der Waals surface area contributed by atoms with Crippen LogP contribution in [-0.2, 0) is 16.4 Å². The Balaban J connectivity index is 1.64. The number of methoxy groups -OCH3 is 1. The first-order chi connectivity index (χ1) is 14.8. The van der Waals surface area contributed by atoms with Crippen LogP contribution in [0.25, 0.3) is 0 Å². The number of carbonyl (C=O) groups is 1. The van der Waals surface area contributed by atoms with Gasteiger partial charge in [0.2, 0.25) is 0 Å². The van der Waals surface area contributed by atoms with Crippen molar-refractivity contribution in [3.63, 3.8) is 0 Å². The minimum Gasteiger partial charge on any atom is -0.496 e. The summed E-state index contributed by atoms with van der Waals surface area (Å²) in [5.74, 6) is -0.0283. The third kappa shape index (κ3) is 4.21. The Kier molecular flexibility index (Phi) is 5.83. The van der Waals surface area contributed by atoms with Crippen molar-refractivity contribution < 1.29 is 17.9 Å². The fourth-order valence-corrected chi connectivity index (χ4v) is 5.26. The van der Waals surface area contributed by atoms with Gasteiger partial charge in [-0.15, -0.1) is 0 Å². The van der Waals surface area contributed by atoms with E-state index in [1.54, 1.807) is 36.4 Å². The van der Waals surface area contributed by atoms with Crippen LogP contribution in [0.1, 0.15) is 15.9 Å². The minimum absolute atomic E-state index is 0.155. The van der Waals surface area contributed by atoms with Gasteiger partial charge in [-0.3, -0.25) is 9.10 Å². The second-order valence-electron chi connectivity index (χ2n) is 6.92. The predicted octanol–water partition coefficient (Wildman–Crippen LogP) is 5.01. The van der Waals surface area contributed by atoms with Gasteiger partial charge in [-0.1, -0.05) is 29.3 Å². The predicted molar refractivity (Wildman–Crippen MR) is 122 cm³/mol. The SMILES string of the molecule is COc1ccc(Cl)cc1C(=O)Nc1ccc2c(c1)N(S(=O)(=O)c1ccc(Cl)cc1)CC2. The number of rotatable bonds is 5. The molecule has 0 saturated heterocycles. The summed E-state index contributed by atoms with van der Waals surface area (Å²) < 4.78 is 32.9. The van der Waals surface area contributed by atoms with Crippen molar-refractivity contribution in [1.82, 2.24) is 0 Å². The van der Waals surface area contributed by atoms with Gasteiger partial charge < -0.3 is 10.1 Å². The highest BCUT2D eigenvalue weighted by molar-refractivity contribution is 7.92. The van der Waals surface area contributed by atoms with E-state index in [1.165, 1.54) is 29.6 Å². The van der Waals surface area contributed by atoms with Gasteiger partial charge >= 0.3 is 0 Å². The van der Waals surface area contributed by atoms with E-state index in [4.69, 9.17) is 27.9 Å². The number of fused-ring (bicyclic) bond motifs is 1. The van der Waals surface area contributed by atoms with E-state index >= 15 is 0 Å². The second-order valence-corrected chi connectivity index (χ2v) is 9.66. The van der Waals surface area contributed by atoms with Crippen molar-refractivity contribution in [2.24, 2.45) is 0 Å². The molecule has 3 aromatic carbocycles. The Morgan fingerprint density at radius 3 is 2.42 bits per heavy atom. The third-order valence-electron chi connectivity index (χ3n) is 5.00. The summed E-state index contributed by atoms with van der Waals surface area (Å²) in [5.41, 5.74) is 2.16. The number of nitrogens with one attached hydrogen (secondary N) is 1. The van der Waals surface area contributed by atoms with Crippen LogP contribution < -0.4 is 14.4 Å². The van der Waals surface area contributed by atoms with Crippen LogP contribution in [0.4, 0.5) is 11.4 Å². The Hall–Kier alpha value is -2.74. The summed E-state index contributed by atoms with van der Waals surface area (Å²) in [6, 6.07) is 16.0. The molecule has 0 atom stereocenters. The number of benzene rings is 3. The summed E-state index contributed by atoms with van der Waals surface area (Å²) in [7, 11) is -2.29. The van der Waals surface area contributed by atoms with Crippen molar-refractivity contribution >= 4 is 50.5 Å². The molecule has 0 fully saturated rings. The fourth-order valence-electron chi connectivity index (χ4n) is 3.47. The number of ether oxygens (including phenoxy) is 1. The van der Waals surface area contributed by atoms with Gasteiger partial charge in [0.05, 0.1) is 23.3 Å². The molecule has 0 radical (unpaired) electrons. The second kappa shape index (κ2) is 8.42. The molecule has 0 aromatic heterocycles. The van der Waals surface area contributed by atoms with Gasteiger partial charge in [-0.25, -0.2) is 8.42 Å². The zero-order chi connectivity index (χ0) is 22.2. The lowest BCUT2D eigenvalue weighted by molar-refractivity contribution is 0.102. The van der Waals surface area contributed by atoms with Crippen molar-refractivity contribution in [1.29, 1.82) is 0 Å². The summed E-state index contributed by atoms with van der Waals surface area (Å²) in [6.45, 7) is 0.319. The van der Waals surface area contributed by atoms with E-state index in [1.807, 2.05) is 6.07 Å². The topological polar surface area (TPSA) is 75.7 Å². The molecule has 1 amide bonds. The molecule has 6 nitrogen and oxygen atoms in total. The Labute approximate surface area is 190 Å². The zero-order valence-electron chi connectivity index (χ0n) is 16.4. The molecular formula is C22H18Cl2N2O4S. The molecule has 1 aliphatic rings. The number of hydrogen-bond acceptors (Lipinski definition) is 4. The van der Waals surface area contributed by atoms with Gasteiger partial charge in [0.1, 0.15) is 5.75 Å². The lowest BCUT2D eigenvalue weighted by Crippen LogP contribution is -2.29. The Bertz CT molecular complexity index is 1260. The van der Waals surface area contributed by atoms with Gasteiger partial charge in [0.25, 0.3) is 15.9 Å². The number of nitrogens with zero attached hydrogens (tertiary/aromatic N) is 1. The average Bonchev–Trinajstić information content (AvgIpc) is 3.18. The average molecular weight is 477 g/mol. The first-order valence-corrected chi connectivity index (χ1v) is 11.6. The quantitative estimate of drug-likeness (QED) is 0.561. The van der Waals surface area contributed by atoms with Crippen LogP contribution in [0.15, 0.2) is 65.6 Å². The van der Waals surface area contributed by atoms with Crippen LogP contribution in [-0.4, -0.2) is 28.0 Å². The van der Waals surface area contributed by atoms with Gasteiger partial charge in [0, 0.05) is 22.3 Å². The fraction of sp³-hybridized carbons (Fsp3) is 0.136. The third-order valence-corrected chi connectivity index (χ3v) is 7.32. The molecule has 0 unspecified atom stereocenters. The molecule has 1 aliphatic heterocycles. The van der Waals surface area contributed by atoms with E-state index in [0.717, 1.165) is 5.56 Å². The van der Waals surface area contributed by atoms with Gasteiger partial charge in [-0.05, 0) is 66.6 Å². The van der Waals surface area contributed by atoms with Crippen molar-refractivity contribution in [2.75, 3.05) is 23.3 Å². The molecule has 0 bridgehead atoms. The van der Waals surface area contributed by atoms with E-state index in [9.17, 15) is 13.2 Å². The molecule has 160 valence electrons. The smallest absolute Gasteiger partial charge is 0.264 e. The maximum Gasteiger partial charge on any atom is 0.264 e. The minimum atomic E-state index is -3.76. The summed E-state index contributed by atoms with van der Waals surface area (Å²) in [4.78, 5) is 12.9. The summed E-state index contributed by atoms with van der Waals surface area (Å²) in [6.07, 6.45) is 0.582. The van der Waals surface area contributed by atoms with Crippen LogP contribution in [0, 0.1) is 0 Å². The molecule has 0 aliphatic carbocycles. The molecule has 9 heteroatoms. The highest BCUT2D eigenvalue weighted by Crippen LogP contribution is 2.35. The molecule has 31 heavy (non-hydrogen) atoms. The lowest BCUT2D eigenvalue weighted by Gasteiger charge is -2.20. The van der Waals surface area contributed by atoms with E-state index < -0.39 is 15.9 Å². The van der Waals surface area contributed by atoms with Crippen LogP contribution in [0.5, 0.6) is 5.75 Å². The normalized spacial score (nSPS) is 13.1. The van der Waals surface area contributed by atoms with Crippen LogP contribution >= 0.6 is 23.2 Å². The summed E-state index contributed by atoms with van der Waals surface area (Å²) >= 11 is 11.9. The number of sulfonamides is 1. The first-order valence-electron chi connectivity index (χ1n) is 9.36. The maximum absolute atomic E-state index is 13.1.